The van der Waals surface area contributed by atoms with Crippen LogP contribution in [0, 0.1) is 6.92 Å². The molecular formula is C41H43N5. The van der Waals surface area contributed by atoms with Crippen LogP contribution in [0.4, 0.5) is 0 Å². The van der Waals surface area contributed by atoms with Crippen molar-refractivity contribution in [2.45, 2.75) is 59.4 Å². The molecule has 0 aliphatic heterocycles. The van der Waals surface area contributed by atoms with Crippen LogP contribution in [0.5, 0.6) is 0 Å². The molecule has 0 amide bonds. The van der Waals surface area contributed by atoms with E-state index in [0.29, 0.717) is 6.54 Å². The summed E-state index contributed by atoms with van der Waals surface area (Å²) in [5.74, 6) is 0. The molecule has 46 heavy (non-hydrogen) atoms. The van der Waals surface area contributed by atoms with Crippen molar-refractivity contribution < 1.29 is 0 Å². The Bertz CT molecular complexity index is 1930. The summed E-state index contributed by atoms with van der Waals surface area (Å²) in [6.45, 7) is 11.1. The van der Waals surface area contributed by atoms with Gasteiger partial charge in [-0.05, 0) is 89.8 Å². The van der Waals surface area contributed by atoms with Crippen LogP contribution in [-0.4, -0.2) is 25.0 Å². The molecule has 3 heterocycles. The molecular weight excluding hydrogens is 562 g/mol. The molecule has 0 N–H and O–H groups in total. The summed E-state index contributed by atoms with van der Waals surface area (Å²) in [5, 5.41) is 11.5. The van der Waals surface area contributed by atoms with E-state index >= 15 is 0 Å². The molecule has 0 radical (unpaired) electrons. The number of allylic oxidation sites excluding steroid dienone is 11. The van der Waals surface area contributed by atoms with Crippen molar-refractivity contribution >= 4 is 12.2 Å². The number of hydrogen-bond acceptors (Lipinski definition) is 4. The van der Waals surface area contributed by atoms with Crippen LogP contribution in [-0.2, 0) is 6.54 Å². The number of rotatable bonds is 13. The van der Waals surface area contributed by atoms with Crippen molar-refractivity contribution in [2.24, 2.45) is 0 Å². The lowest BCUT2D eigenvalue weighted by molar-refractivity contribution is 0.654. The Morgan fingerprint density at radius 1 is 0.935 bits per heavy atom. The quantitative estimate of drug-likeness (QED) is 0.113. The Hall–Kier alpha value is -5.16. The zero-order chi connectivity index (χ0) is 32.1. The number of hydrogen-bond donors (Lipinski definition) is 0. The van der Waals surface area contributed by atoms with Crippen LogP contribution >= 0.6 is 0 Å². The third-order valence-electron chi connectivity index (χ3n) is 7.93. The van der Waals surface area contributed by atoms with E-state index in [0.717, 1.165) is 67.5 Å². The standard InChI is InChI=1S/C41H43N5/c1-5-7-8-9-10-11-16-31(3)22-23-34(6-2)36-20-13-12-19-35-24-25-37(28-38(35)27-36)41-40(39-21-14-17-32(4)43-39)44-45-46(41)30-33-18-15-26-42-29-33/h6,11-29H,3,5,7-10,30H2,1-2,4H3/b13-12+,16-11+,19-12?,20-13?,23-22-,34-6+,35-19+,36-20+,36-27?,38-27-. The highest BCUT2D eigenvalue weighted by atomic mass is 15.4. The van der Waals surface area contributed by atoms with Gasteiger partial charge in [-0.3, -0.25) is 9.97 Å². The number of pyridine rings is 2. The monoisotopic (exact) mass is 605 g/mol. The van der Waals surface area contributed by atoms with Crippen LogP contribution in [0.15, 0.2) is 133 Å². The molecule has 1 aliphatic carbocycles. The largest absolute Gasteiger partial charge is 0.264 e. The fourth-order valence-corrected chi connectivity index (χ4v) is 5.47. The summed E-state index contributed by atoms with van der Waals surface area (Å²) in [4.78, 5) is 9.10. The lowest BCUT2D eigenvalue weighted by atomic mass is 9.98. The minimum atomic E-state index is 0.549. The Morgan fingerprint density at radius 2 is 1.83 bits per heavy atom. The second-order valence-electron chi connectivity index (χ2n) is 11.5. The first-order valence-electron chi connectivity index (χ1n) is 16.2. The molecule has 0 unspecified atom stereocenters. The smallest absolute Gasteiger partial charge is 0.139 e. The molecule has 1 aromatic carbocycles. The van der Waals surface area contributed by atoms with Crippen LogP contribution in [0.3, 0.4) is 0 Å². The van der Waals surface area contributed by atoms with Gasteiger partial charge in [-0.2, -0.15) is 0 Å². The molecule has 0 saturated carbocycles. The second-order valence-corrected chi connectivity index (χ2v) is 11.5. The van der Waals surface area contributed by atoms with Crippen molar-refractivity contribution in [3.8, 4) is 22.6 Å². The summed E-state index contributed by atoms with van der Waals surface area (Å²) in [6.07, 6.45) is 31.4. The molecule has 4 aromatic rings. The number of fused-ring (bicyclic) bond motifs is 1. The summed E-state index contributed by atoms with van der Waals surface area (Å²) < 4.78 is 1.95. The van der Waals surface area contributed by atoms with E-state index < -0.39 is 0 Å². The van der Waals surface area contributed by atoms with Crippen LogP contribution in [0.1, 0.15) is 57.2 Å². The fourth-order valence-electron chi connectivity index (χ4n) is 5.47. The first-order valence-corrected chi connectivity index (χ1v) is 16.2. The number of unbranched alkanes of at least 4 members (excludes halogenated alkanes) is 4. The Kier molecular flexibility index (Phi) is 11.4. The maximum absolute atomic E-state index is 4.79. The van der Waals surface area contributed by atoms with Gasteiger partial charge in [0.25, 0.3) is 0 Å². The number of nitrogens with zero attached hydrogens (tertiary/aromatic N) is 5. The van der Waals surface area contributed by atoms with Gasteiger partial charge in [0.15, 0.2) is 0 Å². The molecule has 5 heteroatoms. The molecule has 0 bridgehead atoms. The first-order chi connectivity index (χ1) is 22.6. The van der Waals surface area contributed by atoms with E-state index in [1.54, 1.807) is 6.20 Å². The topological polar surface area (TPSA) is 56.5 Å². The Morgan fingerprint density at radius 3 is 2.63 bits per heavy atom. The van der Waals surface area contributed by atoms with Gasteiger partial charge >= 0.3 is 0 Å². The zero-order valence-electron chi connectivity index (χ0n) is 27.2. The fraction of sp³-hybridized carbons (Fsp3) is 0.220. The first kappa shape index (κ1) is 32.2. The Labute approximate surface area is 273 Å². The number of aromatic nitrogens is 5. The van der Waals surface area contributed by atoms with Crippen LogP contribution in [0.2, 0.25) is 0 Å². The summed E-state index contributed by atoms with van der Waals surface area (Å²) >= 11 is 0. The van der Waals surface area contributed by atoms with Crippen molar-refractivity contribution in [1.29, 1.82) is 0 Å². The maximum Gasteiger partial charge on any atom is 0.139 e. The van der Waals surface area contributed by atoms with Crippen molar-refractivity contribution in [2.75, 3.05) is 0 Å². The average molecular weight is 606 g/mol. The van der Waals surface area contributed by atoms with Crippen LogP contribution in [0.25, 0.3) is 34.8 Å². The van der Waals surface area contributed by atoms with Crippen molar-refractivity contribution in [3.63, 3.8) is 0 Å². The van der Waals surface area contributed by atoms with E-state index in [9.17, 15) is 0 Å². The Balaban J connectivity index is 1.50. The predicted octanol–water partition coefficient (Wildman–Crippen LogP) is 8.40. The number of benzene rings is 1. The molecule has 0 spiro atoms. The van der Waals surface area contributed by atoms with Gasteiger partial charge < -0.3 is 0 Å². The van der Waals surface area contributed by atoms with E-state index in [4.69, 9.17) is 4.98 Å². The highest BCUT2D eigenvalue weighted by Crippen LogP contribution is 2.29. The van der Waals surface area contributed by atoms with Gasteiger partial charge in [-0.15, -0.1) is 5.10 Å². The van der Waals surface area contributed by atoms with E-state index in [1.165, 1.54) is 25.7 Å². The van der Waals surface area contributed by atoms with E-state index in [-0.39, 0.29) is 0 Å². The summed E-state index contributed by atoms with van der Waals surface area (Å²) in [6, 6.07) is 16.5. The molecule has 3 aromatic heterocycles. The van der Waals surface area contributed by atoms with Gasteiger partial charge in [0.05, 0.1) is 17.9 Å². The van der Waals surface area contributed by atoms with Crippen molar-refractivity contribution in [3.05, 3.63) is 155 Å². The summed E-state index contributed by atoms with van der Waals surface area (Å²) in [7, 11) is 0. The highest BCUT2D eigenvalue weighted by Gasteiger charge is 2.18. The second kappa shape index (κ2) is 16.2. The zero-order valence-corrected chi connectivity index (χ0v) is 27.2. The lowest BCUT2D eigenvalue weighted by Crippen LogP contribution is -2.25. The summed E-state index contributed by atoms with van der Waals surface area (Å²) in [5.41, 5.74) is 8.75. The predicted molar refractivity (Wildman–Crippen MR) is 192 cm³/mol. The SMILES string of the molecule is C=C(\C=C/C(=C\C)C1=C/C=C/C=c2\ccc(-c3c(-c4cccc(C)n4)nnn3Cc3cccnc3)c\c2=C\1)/C=C/CCCCCC. The van der Waals surface area contributed by atoms with Gasteiger partial charge in [0.2, 0.25) is 0 Å². The minimum Gasteiger partial charge on any atom is -0.264 e. The normalized spacial score (nSPS) is 16.5. The molecule has 0 fully saturated rings. The van der Waals surface area contributed by atoms with E-state index in [2.05, 4.69) is 121 Å². The third-order valence-corrected chi connectivity index (χ3v) is 7.93. The maximum atomic E-state index is 4.79. The minimum absolute atomic E-state index is 0.549. The van der Waals surface area contributed by atoms with Gasteiger partial charge in [0.1, 0.15) is 5.69 Å². The highest BCUT2D eigenvalue weighted by molar-refractivity contribution is 5.77. The van der Waals surface area contributed by atoms with Gasteiger partial charge in [-0.25, -0.2) is 4.68 Å². The van der Waals surface area contributed by atoms with Crippen LogP contribution < -0.4 is 10.4 Å². The lowest BCUT2D eigenvalue weighted by Gasteiger charge is -2.10. The molecule has 0 atom stereocenters. The van der Waals surface area contributed by atoms with E-state index in [1.807, 2.05) is 42.1 Å². The molecule has 232 valence electrons. The molecule has 0 saturated heterocycles. The molecule has 5 rings (SSSR count). The van der Waals surface area contributed by atoms with Gasteiger partial charge in [-0.1, -0.05) is 117 Å². The number of aryl methyl sites for hydroxylation is 1. The average Bonchev–Trinajstić information content (AvgIpc) is 3.47. The molecule has 1 aliphatic rings. The molecule has 5 nitrogen and oxygen atoms in total. The van der Waals surface area contributed by atoms with Crippen molar-refractivity contribution in [1.82, 2.24) is 25.0 Å². The third kappa shape index (κ3) is 8.51. The van der Waals surface area contributed by atoms with Gasteiger partial charge in [0, 0.05) is 23.7 Å².